The van der Waals surface area contributed by atoms with Gasteiger partial charge in [-0.25, -0.2) is 0 Å². The Hall–Kier alpha value is -4.22. The number of fused-ring (bicyclic) bond motifs is 1. The van der Waals surface area contributed by atoms with Crippen LogP contribution in [-0.4, -0.2) is 12.4 Å². The number of hydrogen-bond donors (Lipinski definition) is 2. The minimum Gasteiger partial charge on any atom is -0.490 e. The number of para-hydroxylation sites is 2. The second-order valence-corrected chi connectivity index (χ2v) is 11.1. The lowest BCUT2D eigenvalue weighted by Crippen LogP contribution is -2.27. The van der Waals surface area contributed by atoms with E-state index in [1.807, 2.05) is 67.6 Å². The predicted molar refractivity (Wildman–Crippen MR) is 165 cm³/mol. The van der Waals surface area contributed by atoms with Crippen molar-refractivity contribution in [2.24, 2.45) is 0 Å². The molecule has 41 heavy (non-hydrogen) atoms. The number of carbonyl (C=O) groups is 1. The van der Waals surface area contributed by atoms with Gasteiger partial charge in [-0.3, -0.25) is 4.79 Å². The molecule has 0 fully saturated rings. The Morgan fingerprint density at radius 2 is 1.56 bits per heavy atom. The number of ketones is 1. The van der Waals surface area contributed by atoms with Crippen LogP contribution < -0.4 is 20.1 Å². The van der Waals surface area contributed by atoms with E-state index in [4.69, 9.17) is 21.1 Å². The quantitative estimate of drug-likeness (QED) is 0.235. The Labute approximate surface area is 246 Å². The minimum atomic E-state index is -0.336. The lowest BCUT2D eigenvalue weighted by Gasteiger charge is -2.30. The van der Waals surface area contributed by atoms with Crippen molar-refractivity contribution in [1.29, 1.82) is 0 Å². The average Bonchev–Trinajstić information content (AvgIpc) is 3.15. The van der Waals surface area contributed by atoms with Gasteiger partial charge in [-0.05, 0) is 79.3 Å². The van der Waals surface area contributed by atoms with Gasteiger partial charge in [-0.15, -0.1) is 0 Å². The summed E-state index contributed by atoms with van der Waals surface area (Å²) in [7, 11) is 0. The van der Waals surface area contributed by atoms with E-state index in [0.717, 1.165) is 40.2 Å². The number of aryl methyl sites for hydroxylation is 1. The maximum absolute atomic E-state index is 13.9. The lowest BCUT2D eigenvalue weighted by atomic mass is 9.78. The Morgan fingerprint density at radius 3 is 2.32 bits per heavy atom. The molecule has 0 unspecified atom stereocenters. The molecule has 1 heterocycles. The van der Waals surface area contributed by atoms with Crippen molar-refractivity contribution in [2.75, 3.05) is 17.2 Å². The molecular formula is C35H33ClN2O3. The van der Waals surface area contributed by atoms with Crippen LogP contribution in [0, 0.1) is 6.92 Å². The number of Topliss-reactive ketones (excluding diaryl/α,β-unsaturated/α-hetero) is 1. The molecule has 0 radical (unpaired) electrons. The molecule has 6 heteroatoms. The van der Waals surface area contributed by atoms with Gasteiger partial charge in [0.1, 0.15) is 6.61 Å². The van der Waals surface area contributed by atoms with Crippen LogP contribution >= 0.6 is 11.6 Å². The highest BCUT2D eigenvalue weighted by atomic mass is 35.5. The molecule has 4 aromatic rings. The predicted octanol–water partition coefficient (Wildman–Crippen LogP) is 8.61. The fourth-order valence-corrected chi connectivity index (χ4v) is 5.78. The van der Waals surface area contributed by atoms with Crippen LogP contribution in [0.1, 0.15) is 54.0 Å². The highest BCUT2D eigenvalue weighted by Gasteiger charge is 2.36. The number of hydrogen-bond acceptors (Lipinski definition) is 5. The first-order chi connectivity index (χ1) is 20.0. The van der Waals surface area contributed by atoms with E-state index in [1.54, 1.807) is 0 Å². The van der Waals surface area contributed by atoms with Gasteiger partial charge in [-0.2, -0.15) is 0 Å². The fraction of sp³-hybridized carbons (Fsp3) is 0.229. The molecule has 2 N–H and O–H groups in total. The largest absolute Gasteiger partial charge is 0.490 e. The summed E-state index contributed by atoms with van der Waals surface area (Å²) in [6, 6.07) is 29.9. The minimum absolute atomic E-state index is 0.128. The van der Waals surface area contributed by atoms with Crippen LogP contribution in [0.4, 0.5) is 11.4 Å². The van der Waals surface area contributed by atoms with Crippen LogP contribution in [0.25, 0.3) is 0 Å². The molecule has 0 saturated carbocycles. The van der Waals surface area contributed by atoms with Crippen molar-refractivity contribution in [3.05, 3.63) is 130 Å². The maximum Gasteiger partial charge on any atom is 0.163 e. The summed E-state index contributed by atoms with van der Waals surface area (Å²) in [5.74, 6) is 1.58. The van der Waals surface area contributed by atoms with Gasteiger partial charge in [0.25, 0.3) is 0 Å². The molecule has 0 bridgehead atoms. The highest BCUT2D eigenvalue weighted by Crippen LogP contribution is 2.45. The first-order valence-corrected chi connectivity index (χ1v) is 14.5. The topological polar surface area (TPSA) is 59.6 Å². The normalized spacial score (nSPS) is 18.0. The van der Waals surface area contributed by atoms with E-state index in [-0.39, 0.29) is 17.7 Å². The number of ether oxygens (including phenoxy) is 2. The molecule has 0 saturated heterocycles. The highest BCUT2D eigenvalue weighted by molar-refractivity contribution is 6.30. The van der Waals surface area contributed by atoms with Crippen molar-refractivity contribution in [3.8, 4) is 11.5 Å². The number of allylic oxidation sites excluding steroid dienone is 1. The SMILES string of the molecule is CCOc1cc([C@@H]2Nc3ccccc3NC3=C2C(=O)C[C@H](c2ccc(C)cc2)C3)ccc1OCc1ccc(Cl)cc1. The zero-order valence-corrected chi connectivity index (χ0v) is 24.0. The molecule has 5 nitrogen and oxygen atoms in total. The van der Waals surface area contributed by atoms with Gasteiger partial charge < -0.3 is 20.1 Å². The van der Waals surface area contributed by atoms with Crippen molar-refractivity contribution in [3.63, 3.8) is 0 Å². The first kappa shape index (κ1) is 27.0. The zero-order valence-electron chi connectivity index (χ0n) is 23.2. The van der Waals surface area contributed by atoms with Crippen LogP contribution in [0.2, 0.25) is 5.02 Å². The Bertz CT molecular complexity index is 1600. The Morgan fingerprint density at radius 1 is 0.829 bits per heavy atom. The van der Waals surface area contributed by atoms with Crippen molar-refractivity contribution < 1.29 is 14.3 Å². The summed E-state index contributed by atoms with van der Waals surface area (Å²) in [5.41, 5.74) is 8.03. The molecule has 1 aliphatic heterocycles. The number of halogens is 1. The summed E-state index contributed by atoms with van der Waals surface area (Å²) < 4.78 is 12.2. The molecule has 4 aromatic carbocycles. The second kappa shape index (κ2) is 11.7. The molecule has 208 valence electrons. The molecular weight excluding hydrogens is 532 g/mol. The van der Waals surface area contributed by atoms with Crippen LogP contribution in [0.5, 0.6) is 11.5 Å². The van der Waals surface area contributed by atoms with Crippen LogP contribution in [0.3, 0.4) is 0 Å². The smallest absolute Gasteiger partial charge is 0.163 e. The number of nitrogens with one attached hydrogen (secondary N) is 2. The average molecular weight is 565 g/mol. The molecule has 1 aliphatic carbocycles. The van der Waals surface area contributed by atoms with Crippen molar-refractivity contribution in [1.82, 2.24) is 0 Å². The van der Waals surface area contributed by atoms with Crippen LogP contribution in [0.15, 0.2) is 102 Å². The van der Waals surface area contributed by atoms with Crippen molar-refractivity contribution in [2.45, 2.75) is 45.3 Å². The van der Waals surface area contributed by atoms with Crippen molar-refractivity contribution >= 4 is 28.8 Å². The molecule has 0 amide bonds. The zero-order chi connectivity index (χ0) is 28.3. The third-order valence-electron chi connectivity index (χ3n) is 7.77. The van der Waals surface area contributed by atoms with E-state index in [1.165, 1.54) is 11.1 Å². The third-order valence-corrected chi connectivity index (χ3v) is 8.02. The summed E-state index contributed by atoms with van der Waals surface area (Å²) in [6.45, 7) is 4.93. The molecule has 2 atom stereocenters. The summed E-state index contributed by atoms with van der Waals surface area (Å²) >= 11 is 6.03. The van der Waals surface area contributed by atoms with Gasteiger partial charge in [-0.1, -0.05) is 71.8 Å². The van der Waals surface area contributed by atoms with Gasteiger partial charge in [0.15, 0.2) is 17.3 Å². The molecule has 0 spiro atoms. The monoisotopic (exact) mass is 564 g/mol. The Kier molecular flexibility index (Phi) is 7.71. The summed E-state index contributed by atoms with van der Waals surface area (Å²) in [6.07, 6.45) is 1.23. The first-order valence-electron chi connectivity index (χ1n) is 14.1. The third kappa shape index (κ3) is 5.82. The standard InChI is InChI=1S/C35H33ClN2O3/c1-3-40-33-20-25(14-17-32(33)41-21-23-10-15-27(36)16-11-23)35-34-30(37-28-6-4-5-7-29(28)38-35)18-26(19-31(34)39)24-12-8-22(2)9-13-24/h4-17,20,26,35,37-38H,3,18-19,21H2,1-2H3/t26-,35+/m1/s1. The van der Waals surface area contributed by atoms with E-state index in [9.17, 15) is 4.79 Å². The number of rotatable bonds is 7. The Balaban J connectivity index is 1.36. The van der Waals surface area contributed by atoms with Gasteiger partial charge in [0.2, 0.25) is 0 Å². The molecule has 0 aromatic heterocycles. The molecule has 6 rings (SSSR count). The lowest BCUT2D eigenvalue weighted by molar-refractivity contribution is -0.116. The summed E-state index contributed by atoms with van der Waals surface area (Å²) in [5, 5.41) is 7.99. The number of carbonyl (C=O) groups excluding carboxylic acids is 1. The number of benzene rings is 4. The van der Waals surface area contributed by atoms with E-state index < -0.39 is 0 Å². The van der Waals surface area contributed by atoms with Crippen LogP contribution in [-0.2, 0) is 11.4 Å². The van der Waals surface area contributed by atoms with E-state index in [0.29, 0.717) is 36.2 Å². The number of anilines is 2. The van der Waals surface area contributed by atoms with Gasteiger partial charge in [0.05, 0.1) is 24.0 Å². The summed E-state index contributed by atoms with van der Waals surface area (Å²) in [4.78, 5) is 13.9. The molecule has 2 aliphatic rings. The maximum atomic E-state index is 13.9. The van der Waals surface area contributed by atoms with Gasteiger partial charge in [0, 0.05) is 22.7 Å². The van der Waals surface area contributed by atoms with E-state index in [2.05, 4.69) is 47.9 Å². The van der Waals surface area contributed by atoms with E-state index >= 15 is 0 Å². The fourth-order valence-electron chi connectivity index (χ4n) is 5.65. The second-order valence-electron chi connectivity index (χ2n) is 10.6. The van der Waals surface area contributed by atoms with Gasteiger partial charge >= 0.3 is 0 Å².